The molecule has 0 amide bonds. The average Bonchev–Trinajstić information content (AvgIpc) is 2.58. The number of hydrogen-bond donors (Lipinski definition) is 0. The second-order valence-electron chi connectivity index (χ2n) is 5.20. The molecule has 1 aliphatic rings. The van der Waals surface area contributed by atoms with Gasteiger partial charge in [-0.1, -0.05) is 39.0 Å². The van der Waals surface area contributed by atoms with Gasteiger partial charge >= 0.3 is 0 Å². The van der Waals surface area contributed by atoms with Gasteiger partial charge in [0.1, 0.15) is 0 Å². The Labute approximate surface area is 92.9 Å². The molecule has 1 heteroatoms. The first-order valence-corrected chi connectivity index (χ1v) is 5.50. The molecule has 1 aliphatic carbocycles. The molecule has 1 atom stereocenters. The van der Waals surface area contributed by atoms with Crippen LogP contribution in [0, 0.1) is 5.41 Å². The van der Waals surface area contributed by atoms with Gasteiger partial charge in [0.25, 0.3) is 0 Å². The molecule has 1 unspecified atom stereocenters. The molecule has 0 heterocycles. The number of hydrogen-bond acceptors (Lipinski definition) is 1. The quantitative estimate of drug-likeness (QED) is 0.639. The van der Waals surface area contributed by atoms with Crippen LogP contribution >= 0.6 is 0 Å². The van der Waals surface area contributed by atoms with Gasteiger partial charge in [0.05, 0.1) is 0 Å². The summed E-state index contributed by atoms with van der Waals surface area (Å²) in [7, 11) is 0. The highest BCUT2D eigenvalue weighted by Gasteiger charge is 2.26. The molecule has 1 aromatic carbocycles. The molecule has 0 radical (unpaired) electrons. The van der Waals surface area contributed by atoms with E-state index in [0.717, 1.165) is 29.5 Å². The number of ketones is 1. The standard InChI is InChI=1S/C14H18O/c1-14(2,3)13(15)12-9-5-7-10-6-4-8-11(10)12/h5,7,9H,4,6,8H2,1-3H3/i6D. The number of fused-ring (bicyclic) bond motifs is 1. The van der Waals surface area contributed by atoms with Crippen LogP contribution in [0.3, 0.4) is 0 Å². The van der Waals surface area contributed by atoms with Crippen molar-refractivity contribution in [1.82, 2.24) is 0 Å². The van der Waals surface area contributed by atoms with Crippen molar-refractivity contribution < 1.29 is 6.17 Å². The Morgan fingerprint density at radius 2 is 2.13 bits per heavy atom. The Balaban J connectivity index is 2.48. The molecule has 1 nitrogen and oxygen atoms in total. The summed E-state index contributed by atoms with van der Waals surface area (Å²) in [5.41, 5.74) is 2.66. The summed E-state index contributed by atoms with van der Waals surface area (Å²) in [4.78, 5) is 12.3. The minimum absolute atomic E-state index is 0.136. The van der Waals surface area contributed by atoms with Crippen molar-refractivity contribution >= 4 is 5.78 Å². The Hall–Kier alpha value is -1.11. The van der Waals surface area contributed by atoms with E-state index in [9.17, 15) is 4.79 Å². The number of rotatable bonds is 1. The third-order valence-corrected chi connectivity index (χ3v) is 2.90. The van der Waals surface area contributed by atoms with Gasteiger partial charge in [0.2, 0.25) is 0 Å². The number of benzene rings is 1. The first-order valence-electron chi connectivity index (χ1n) is 6.08. The van der Waals surface area contributed by atoms with Gasteiger partial charge in [-0.15, -0.1) is 0 Å². The van der Waals surface area contributed by atoms with E-state index in [0.29, 0.717) is 0 Å². The molecule has 0 N–H and O–H groups in total. The average molecular weight is 203 g/mol. The summed E-state index contributed by atoms with van der Waals surface area (Å²) < 4.78 is 7.90. The molecule has 1 aromatic rings. The van der Waals surface area contributed by atoms with E-state index < -0.39 is 0 Å². The van der Waals surface area contributed by atoms with Crippen LogP contribution in [0.4, 0.5) is 0 Å². The van der Waals surface area contributed by atoms with Crippen LogP contribution < -0.4 is 0 Å². The van der Waals surface area contributed by atoms with Gasteiger partial charge < -0.3 is 0 Å². The maximum absolute atomic E-state index is 12.3. The molecule has 15 heavy (non-hydrogen) atoms. The van der Waals surface area contributed by atoms with Crippen LogP contribution in [-0.4, -0.2) is 5.78 Å². The monoisotopic (exact) mass is 203 g/mol. The lowest BCUT2D eigenvalue weighted by molar-refractivity contribution is 0.0857. The Kier molecular flexibility index (Phi) is 2.12. The first-order chi connectivity index (χ1) is 7.41. The lowest BCUT2D eigenvalue weighted by Crippen LogP contribution is -2.21. The topological polar surface area (TPSA) is 17.1 Å². The van der Waals surface area contributed by atoms with Crippen LogP contribution in [0.25, 0.3) is 0 Å². The van der Waals surface area contributed by atoms with E-state index >= 15 is 0 Å². The molecule has 80 valence electrons. The molecule has 0 saturated carbocycles. The molecule has 0 bridgehead atoms. The largest absolute Gasteiger partial charge is 0.294 e. The summed E-state index contributed by atoms with van der Waals surface area (Å²) >= 11 is 0. The van der Waals surface area contributed by atoms with Gasteiger partial charge in [-0.2, -0.15) is 0 Å². The Morgan fingerprint density at radius 1 is 1.40 bits per heavy atom. The van der Waals surface area contributed by atoms with Crippen molar-refractivity contribution in [2.24, 2.45) is 5.41 Å². The molecule has 0 aromatic heterocycles. The highest BCUT2D eigenvalue weighted by Crippen LogP contribution is 2.29. The molecular formula is C14H18O. The Bertz CT molecular complexity index is 429. The van der Waals surface area contributed by atoms with Gasteiger partial charge in [0.15, 0.2) is 5.78 Å². The summed E-state index contributed by atoms with van der Waals surface area (Å²) in [5.74, 6) is 0.193. The highest BCUT2D eigenvalue weighted by molar-refractivity contribution is 6.01. The van der Waals surface area contributed by atoms with Gasteiger partial charge in [-0.25, -0.2) is 0 Å². The SMILES string of the molecule is [2H]C1CCc2c(C(=O)C(C)(C)C)cccc21. The lowest BCUT2D eigenvalue weighted by Gasteiger charge is -2.18. The second-order valence-corrected chi connectivity index (χ2v) is 5.20. The predicted octanol–water partition coefficient (Wildman–Crippen LogP) is 3.40. The van der Waals surface area contributed by atoms with Crippen LogP contribution in [0.5, 0.6) is 0 Å². The fourth-order valence-corrected chi connectivity index (χ4v) is 2.06. The zero-order chi connectivity index (χ0) is 11.9. The van der Waals surface area contributed by atoms with Crippen molar-refractivity contribution in [3.05, 3.63) is 34.9 Å². The molecule has 0 fully saturated rings. The smallest absolute Gasteiger partial charge is 0.168 e. The van der Waals surface area contributed by atoms with E-state index in [-0.39, 0.29) is 17.6 Å². The molecule has 0 spiro atoms. The predicted molar refractivity (Wildman–Crippen MR) is 62.3 cm³/mol. The van der Waals surface area contributed by atoms with Crippen LogP contribution in [-0.2, 0) is 12.8 Å². The van der Waals surface area contributed by atoms with Gasteiger partial charge in [0, 0.05) is 12.3 Å². The van der Waals surface area contributed by atoms with Crippen molar-refractivity contribution in [3.63, 3.8) is 0 Å². The maximum Gasteiger partial charge on any atom is 0.168 e. The molecule has 0 aliphatic heterocycles. The van der Waals surface area contributed by atoms with Crippen molar-refractivity contribution in [2.75, 3.05) is 0 Å². The molecule has 2 rings (SSSR count). The first kappa shape index (κ1) is 9.14. The zero-order valence-corrected chi connectivity index (χ0v) is 9.63. The Morgan fingerprint density at radius 3 is 2.80 bits per heavy atom. The van der Waals surface area contributed by atoms with Gasteiger partial charge in [-0.3, -0.25) is 4.79 Å². The number of carbonyl (C=O) groups is 1. The van der Waals surface area contributed by atoms with Crippen LogP contribution in [0.2, 0.25) is 0 Å². The summed E-state index contributed by atoms with van der Waals surface area (Å²) in [6.45, 7) is 5.84. The highest BCUT2D eigenvalue weighted by atomic mass is 16.1. The van der Waals surface area contributed by atoms with Crippen LogP contribution in [0.15, 0.2) is 18.2 Å². The second kappa shape index (κ2) is 3.48. The summed E-state index contributed by atoms with van der Waals surface area (Å²) in [6, 6.07) is 5.80. The molecule has 0 saturated heterocycles. The van der Waals surface area contributed by atoms with Gasteiger partial charge in [-0.05, 0) is 30.4 Å². The zero-order valence-electron chi connectivity index (χ0n) is 10.6. The number of carbonyl (C=O) groups excluding carboxylic acids is 1. The third kappa shape index (κ3) is 1.83. The fraction of sp³-hybridized carbons (Fsp3) is 0.500. The summed E-state index contributed by atoms with van der Waals surface area (Å²) in [5, 5.41) is 0. The third-order valence-electron chi connectivity index (χ3n) is 2.90. The number of aryl methyl sites for hydroxylation is 1. The van der Waals surface area contributed by atoms with E-state index in [1.54, 1.807) is 0 Å². The molecular weight excluding hydrogens is 184 g/mol. The maximum atomic E-state index is 12.3. The van der Waals surface area contributed by atoms with E-state index in [4.69, 9.17) is 1.37 Å². The van der Waals surface area contributed by atoms with Crippen molar-refractivity contribution in [2.45, 2.75) is 40.0 Å². The lowest BCUT2D eigenvalue weighted by atomic mass is 9.84. The van der Waals surface area contributed by atoms with Crippen molar-refractivity contribution in [1.29, 1.82) is 0 Å². The van der Waals surface area contributed by atoms with E-state index in [1.807, 2.05) is 39.0 Å². The minimum atomic E-state index is -0.338. The minimum Gasteiger partial charge on any atom is -0.294 e. The fourth-order valence-electron chi connectivity index (χ4n) is 2.06. The normalized spacial score (nSPS) is 21.0. The van der Waals surface area contributed by atoms with Crippen molar-refractivity contribution in [3.8, 4) is 0 Å². The van der Waals surface area contributed by atoms with E-state index in [2.05, 4.69) is 0 Å². The van der Waals surface area contributed by atoms with Crippen LogP contribution in [0.1, 0.15) is 50.0 Å². The summed E-state index contributed by atoms with van der Waals surface area (Å²) in [6.07, 6.45) is 1.59. The number of Topliss-reactive ketones (excluding diaryl/α,β-unsaturated/α-hetero) is 1. The van der Waals surface area contributed by atoms with E-state index in [1.165, 1.54) is 0 Å².